The van der Waals surface area contributed by atoms with Gasteiger partial charge in [-0.05, 0) is 76.5 Å². The first kappa shape index (κ1) is 14.7. The number of allylic oxidation sites excluding steroid dienone is 2. The van der Waals surface area contributed by atoms with Gasteiger partial charge in [0.05, 0.1) is 6.04 Å². The molecular weight excluding hydrogens is 350 g/mol. The van der Waals surface area contributed by atoms with Crippen LogP contribution < -0.4 is 5.32 Å². The summed E-state index contributed by atoms with van der Waals surface area (Å²) in [6.07, 6.45) is 3.61. The van der Waals surface area contributed by atoms with E-state index in [-0.39, 0.29) is 23.4 Å². The lowest BCUT2D eigenvalue weighted by molar-refractivity contribution is 0.740. The number of rotatable bonds is 5. The van der Waals surface area contributed by atoms with Gasteiger partial charge in [-0.15, -0.1) is 0 Å². The number of hydrogen-bond acceptors (Lipinski definition) is 1. The van der Waals surface area contributed by atoms with E-state index in [2.05, 4.69) is 59.0 Å². The van der Waals surface area contributed by atoms with Gasteiger partial charge in [-0.1, -0.05) is 83.5 Å². The molecule has 1 aliphatic rings. The molecule has 0 bridgehead atoms. The van der Waals surface area contributed by atoms with Crippen molar-refractivity contribution in [3.63, 3.8) is 0 Å². The highest BCUT2D eigenvalue weighted by Gasteiger charge is 2.23. The van der Waals surface area contributed by atoms with Crippen LogP contribution in [0.5, 0.6) is 0 Å². The maximum atomic E-state index is 8.26. The molecular formula is C28H37N. The molecule has 0 saturated heterocycles. The van der Waals surface area contributed by atoms with Crippen molar-refractivity contribution in [3.05, 3.63) is 87.6 Å². The quantitative estimate of drug-likeness (QED) is 0.542. The van der Waals surface area contributed by atoms with Crippen molar-refractivity contribution < 1.29 is 8.22 Å². The number of benzene rings is 2. The van der Waals surface area contributed by atoms with Gasteiger partial charge in [0.25, 0.3) is 0 Å². The van der Waals surface area contributed by atoms with Crippen LogP contribution in [0.25, 0.3) is 5.57 Å². The van der Waals surface area contributed by atoms with Crippen molar-refractivity contribution in [3.8, 4) is 0 Å². The second-order valence-electron chi connectivity index (χ2n) is 8.94. The minimum Gasteiger partial charge on any atom is -0.380 e. The molecule has 154 valence electrons. The van der Waals surface area contributed by atoms with Crippen molar-refractivity contribution in [1.82, 2.24) is 5.32 Å². The van der Waals surface area contributed by atoms with Gasteiger partial charge in [0.1, 0.15) is 0 Å². The van der Waals surface area contributed by atoms with Gasteiger partial charge in [-0.3, -0.25) is 0 Å². The molecule has 2 aromatic carbocycles. The Labute approximate surface area is 186 Å². The van der Waals surface area contributed by atoms with Gasteiger partial charge < -0.3 is 5.32 Å². The Balaban J connectivity index is 2.25. The fourth-order valence-corrected chi connectivity index (χ4v) is 3.92. The van der Waals surface area contributed by atoms with Crippen molar-refractivity contribution in [2.24, 2.45) is 0 Å². The van der Waals surface area contributed by atoms with E-state index in [1.54, 1.807) is 30.5 Å². The molecule has 2 aromatic rings. The minimum absolute atomic E-state index is 0.215. The number of dihydropyridines is 1. The van der Waals surface area contributed by atoms with E-state index in [4.69, 9.17) is 8.22 Å². The highest BCUT2D eigenvalue weighted by atomic mass is 14.9. The summed E-state index contributed by atoms with van der Waals surface area (Å²) in [6, 6.07) is 11.0. The van der Waals surface area contributed by atoms with E-state index in [9.17, 15) is 0 Å². The van der Waals surface area contributed by atoms with Crippen molar-refractivity contribution in [2.45, 2.75) is 79.0 Å². The summed E-state index contributed by atoms with van der Waals surface area (Å²) in [4.78, 5) is 0. The Morgan fingerprint density at radius 3 is 1.93 bits per heavy atom. The SMILES string of the molecule is [2H]C([2H])([2H])C1=CNC(c2ccc(C([2H])([2H])[2H])cc2)C=C1c1c(C(C)C)cc(C(C)C)cc1C(C)C. The topological polar surface area (TPSA) is 12.0 Å². The van der Waals surface area contributed by atoms with Crippen LogP contribution in [0.3, 0.4) is 0 Å². The standard InChI is InChI=1S/C28H37N/c1-17(2)23-13-24(18(3)4)28(25(14-23)19(5)6)26-15-27(29-16-21(26)8)22-11-9-20(7)10-12-22/h9-19,27,29H,1-8H3/i7D3,8D3. The smallest absolute Gasteiger partial charge is 0.0701 e. The van der Waals surface area contributed by atoms with E-state index in [0.29, 0.717) is 11.5 Å². The van der Waals surface area contributed by atoms with Gasteiger partial charge in [0.2, 0.25) is 0 Å². The van der Waals surface area contributed by atoms with Crippen LogP contribution in [-0.4, -0.2) is 0 Å². The first-order valence-electron chi connectivity index (χ1n) is 13.6. The first-order chi connectivity index (χ1) is 16.1. The molecule has 0 fully saturated rings. The molecule has 1 atom stereocenters. The summed E-state index contributed by atoms with van der Waals surface area (Å²) in [7, 11) is 0. The Bertz CT molecular complexity index is 1090. The number of hydrogen-bond donors (Lipinski definition) is 1. The zero-order chi connectivity index (χ0) is 26.3. The van der Waals surface area contributed by atoms with Crippen LogP contribution in [0.2, 0.25) is 0 Å². The maximum absolute atomic E-state index is 8.26. The van der Waals surface area contributed by atoms with E-state index < -0.39 is 13.7 Å². The van der Waals surface area contributed by atoms with Crippen LogP contribution in [0.1, 0.15) is 114 Å². The van der Waals surface area contributed by atoms with Crippen LogP contribution >= 0.6 is 0 Å². The molecule has 1 heteroatoms. The zero-order valence-corrected chi connectivity index (χ0v) is 18.4. The molecule has 0 aliphatic carbocycles. The summed E-state index contributed by atoms with van der Waals surface area (Å²) in [5, 5.41) is 3.24. The summed E-state index contributed by atoms with van der Waals surface area (Å²) in [5.41, 5.74) is 6.77. The lowest BCUT2D eigenvalue weighted by Gasteiger charge is -2.29. The fraction of sp³-hybridized carbons (Fsp3) is 0.429. The maximum Gasteiger partial charge on any atom is 0.0701 e. The summed E-state index contributed by atoms with van der Waals surface area (Å²) >= 11 is 0. The minimum atomic E-state index is -2.28. The highest BCUT2D eigenvalue weighted by Crippen LogP contribution is 2.40. The lowest BCUT2D eigenvalue weighted by atomic mass is 9.79. The second kappa shape index (κ2) is 8.61. The average molecular weight is 394 g/mol. The fourth-order valence-electron chi connectivity index (χ4n) is 3.92. The Morgan fingerprint density at radius 1 is 0.828 bits per heavy atom. The number of aryl methyl sites for hydroxylation is 1. The summed E-state index contributed by atoms with van der Waals surface area (Å²) < 4.78 is 47.7. The third-order valence-corrected chi connectivity index (χ3v) is 5.70. The van der Waals surface area contributed by atoms with Crippen molar-refractivity contribution >= 4 is 5.57 Å². The van der Waals surface area contributed by atoms with Crippen LogP contribution in [-0.2, 0) is 0 Å². The Morgan fingerprint density at radius 2 is 1.45 bits per heavy atom. The molecule has 1 aliphatic heterocycles. The molecule has 29 heavy (non-hydrogen) atoms. The van der Waals surface area contributed by atoms with Gasteiger partial charge in [-0.25, -0.2) is 0 Å². The lowest BCUT2D eigenvalue weighted by Crippen LogP contribution is -2.19. The summed E-state index contributed by atoms with van der Waals surface area (Å²) in [6.45, 7) is 8.52. The third kappa shape index (κ3) is 4.50. The molecule has 1 unspecified atom stereocenters. The first-order valence-corrected chi connectivity index (χ1v) is 10.6. The van der Waals surface area contributed by atoms with E-state index in [0.717, 1.165) is 27.8 Å². The number of nitrogens with one attached hydrogen (secondary N) is 1. The molecule has 3 rings (SSSR count). The molecule has 0 aromatic heterocycles. The summed E-state index contributed by atoms with van der Waals surface area (Å²) in [5.74, 6) is 0.793. The van der Waals surface area contributed by atoms with Gasteiger partial charge in [0, 0.05) is 14.4 Å². The molecule has 1 nitrogen and oxygen atoms in total. The molecule has 1 heterocycles. The van der Waals surface area contributed by atoms with E-state index in [1.807, 2.05) is 6.08 Å². The van der Waals surface area contributed by atoms with Crippen LogP contribution in [0.15, 0.2) is 54.2 Å². The second-order valence-corrected chi connectivity index (χ2v) is 8.94. The predicted octanol–water partition coefficient (Wildman–Crippen LogP) is 8.00. The van der Waals surface area contributed by atoms with Crippen molar-refractivity contribution in [1.29, 1.82) is 0 Å². The van der Waals surface area contributed by atoms with Crippen molar-refractivity contribution in [2.75, 3.05) is 0 Å². The molecule has 1 N–H and O–H groups in total. The third-order valence-electron chi connectivity index (χ3n) is 5.70. The van der Waals surface area contributed by atoms with Gasteiger partial charge in [0.15, 0.2) is 0 Å². The van der Waals surface area contributed by atoms with Gasteiger partial charge >= 0.3 is 0 Å². The van der Waals surface area contributed by atoms with E-state index in [1.165, 1.54) is 5.56 Å². The normalized spacial score (nSPS) is 20.8. The average Bonchev–Trinajstić information content (AvgIpc) is 2.76. The van der Waals surface area contributed by atoms with Gasteiger partial charge in [-0.2, -0.15) is 0 Å². The molecule has 0 amide bonds. The molecule has 0 radical (unpaired) electrons. The highest BCUT2D eigenvalue weighted by molar-refractivity contribution is 5.84. The van der Waals surface area contributed by atoms with E-state index >= 15 is 0 Å². The van der Waals surface area contributed by atoms with Crippen LogP contribution in [0.4, 0.5) is 0 Å². The Hall–Kier alpha value is -2.28. The zero-order valence-electron chi connectivity index (χ0n) is 24.4. The molecule has 0 spiro atoms. The predicted molar refractivity (Wildman–Crippen MR) is 127 cm³/mol. The largest absolute Gasteiger partial charge is 0.380 e. The molecule has 0 saturated carbocycles. The monoisotopic (exact) mass is 393 g/mol. The Kier molecular flexibility index (Phi) is 4.35. The van der Waals surface area contributed by atoms with Crippen LogP contribution in [0, 0.1) is 6.85 Å².